The molecule has 1 N–H and O–H groups in total. The zero-order chi connectivity index (χ0) is 13.0. The highest BCUT2D eigenvalue weighted by Gasteiger charge is 2.30. The van der Waals surface area contributed by atoms with Crippen LogP contribution in [0.3, 0.4) is 0 Å². The monoisotopic (exact) mass is 272 g/mol. The molecule has 1 aliphatic rings. The molecule has 0 amide bonds. The van der Waals surface area contributed by atoms with E-state index in [9.17, 15) is 5.11 Å². The van der Waals surface area contributed by atoms with Gasteiger partial charge in [-0.05, 0) is 37.5 Å². The summed E-state index contributed by atoms with van der Waals surface area (Å²) >= 11 is 1.45. The predicted octanol–water partition coefficient (Wildman–Crippen LogP) is 2.74. The Kier molecular flexibility index (Phi) is 2.17. The maximum atomic E-state index is 10.0. The third kappa shape index (κ3) is 1.71. The third-order valence-corrected chi connectivity index (χ3v) is 4.27. The summed E-state index contributed by atoms with van der Waals surface area (Å²) in [4.78, 5) is 0.789. The van der Waals surface area contributed by atoms with Crippen LogP contribution in [0.15, 0.2) is 18.2 Å². The van der Waals surface area contributed by atoms with E-state index >= 15 is 0 Å². The van der Waals surface area contributed by atoms with Crippen molar-refractivity contribution in [2.75, 3.05) is 0 Å². The van der Waals surface area contributed by atoms with E-state index in [0.29, 0.717) is 5.92 Å². The number of aryl methyl sites for hydroxylation is 1. The fourth-order valence-electron chi connectivity index (χ4n) is 2.16. The van der Waals surface area contributed by atoms with Gasteiger partial charge in [0.25, 0.3) is 0 Å². The summed E-state index contributed by atoms with van der Waals surface area (Å²) in [6.07, 6.45) is 2.34. The molecule has 4 rings (SSSR count). The molecule has 1 aromatic carbocycles. The normalized spacial score (nSPS) is 15.2. The van der Waals surface area contributed by atoms with Gasteiger partial charge in [-0.15, -0.1) is 10.2 Å². The number of phenolic OH excluding ortho intramolecular Hbond substituents is 1. The maximum Gasteiger partial charge on any atom is 0.234 e. The molecule has 3 aromatic rings. The Bertz CT molecular complexity index is 772. The van der Waals surface area contributed by atoms with Crippen LogP contribution < -0.4 is 0 Å². The summed E-state index contributed by atoms with van der Waals surface area (Å²) in [5, 5.41) is 23.7. The first-order valence-corrected chi connectivity index (χ1v) is 7.06. The topological polar surface area (TPSA) is 63.3 Å². The number of nitrogens with zero attached hydrogens (tertiary/aromatic N) is 4. The van der Waals surface area contributed by atoms with Crippen molar-refractivity contribution in [3.05, 3.63) is 29.6 Å². The molecule has 0 unspecified atom stereocenters. The van der Waals surface area contributed by atoms with Gasteiger partial charge in [-0.2, -0.15) is 9.61 Å². The van der Waals surface area contributed by atoms with Crippen molar-refractivity contribution in [2.45, 2.75) is 25.7 Å². The van der Waals surface area contributed by atoms with E-state index in [2.05, 4.69) is 15.3 Å². The predicted molar refractivity (Wildman–Crippen MR) is 72.5 cm³/mol. The lowest BCUT2D eigenvalue weighted by Crippen LogP contribution is -1.93. The van der Waals surface area contributed by atoms with Gasteiger partial charge in [0.1, 0.15) is 5.75 Å². The van der Waals surface area contributed by atoms with Crippen molar-refractivity contribution in [2.24, 2.45) is 0 Å². The number of benzene rings is 1. The summed E-state index contributed by atoms with van der Waals surface area (Å²) in [7, 11) is 0. The maximum absolute atomic E-state index is 10.0. The highest BCUT2D eigenvalue weighted by atomic mass is 32.1. The van der Waals surface area contributed by atoms with Crippen LogP contribution in [-0.2, 0) is 0 Å². The van der Waals surface area contributed by atoms with E-state index in [1.54, 1.807) is 6.07 Å². The Morgan fingerprint density at radius 3 is 2.89 bits per heavy atom. The number of fused-ring (bicyclic) bond motifs is 1. The standard InChI is InChI=1S/C13H12N4OS/c1-7-2-5-9(10(18)6-7)12-16-17-11(8-3-4-8)14-15-13(17)19-12/h2,5-6,8,18H,3-4H2,1H3. The second-order valence-corrected chi connectivity index (χ2v) is 5.91. The summed E-state index contributed by atoms with van der Waals surface area (Å²) in [6, 6.07) is 5.62. The van der Waals surface area contributed by atoms with E-state index in [1.807, 2.05) is 23.6 Å². The molecule has 0 atom stereocenters. The molecule has 1 saturated carbocycles. The first-order valence-electron chi connectivity index (χ1n) is 6.24. The SMILES string of the molecule is Cc1ccc(-c2nn3c(C4CC4)nnc3s2)c(O)c1. The molecular formula is C13H12N4OS. The summed E-state index contributed by atoms with van der Waals surface area (Å²) in [6.45, 7) is 1.95. The van der Waals surface area contributed by atoms with Gasteiger partial charge < -0.3 is 5.11 Å². The van der Waals surface area contributed by atoms with Gasteiger partial charge in [-0.25, -0.2) is 0 Å². The van der Waals surface area contributed by atoms with Crippen LogP contribution in [0.25, 0.3) is 15.5 Å². The van der Waals surface area contributed by atoms with E-state index in [0.717, 1.165) is 26.9 Å². The quantitative estimate of drug-likeness (QED) is 0.779. The molecule has 96 valence electrons. The minimum Gasteiger partial charge on any atom is -0.507 e. The molecule has 0 aliphatic heterocycles. The van der Waals surface area contributed by atoms with Crippen molar-refractivity contribution < 1.29 is 5.11 Å². The van der Waals surface area contributed by atoms with Crippen LogP contribution in [0.5, 0.6) is 5.75 Å². The van der Waals surface area contributed by atoms with Crippen LogP contribution in [0.2, 0.25) is 0 Å². The number of hydrogen-bond donors (Lipinski definition) is 1. The minimum atomic E-state index is 0.262. The van der Waals surface area contributed by atoms with Crippen molar-refractivity contribution >= 4 is 16.3 Å². The van der Waals surface area contributed by atoms with Gasteiger partial charge in [-0.3, -0.25) is 0 Å². The molecule has 1 aliphatic carbocycles. The molecule has 19 heavy (non-hydrogen) atoms. The number of aromatic nitrogens is 4. The fraction of sp³-hybridized carbons (Fsp3) is 0.308. The Morgan fingerprint density at radius 2 is 2.16 bits per heavy atom. The molecule has 5 nitrogen and oxygen atoms in total. The Hall–Kier alpha value is -1.95. The van der Waals surface area contributed by atoms with Crippen LogP contribution >= 0.6 is 11.3 Å². The molecule has 0 radical (unpaired) electrons. The minimum absolute atomic E-state index is 0.262. The van der Waals surface area contributed by atoms with Gasteiger partial charge in [0.2, 0.25) is 4.96 Å². The van der Waals surface area contributed by atoms with Crippen molar-refractivity contribution in [3.63, 3.8) is 0 Å². The van der Waals surface area contributed by atoms with Gasteiger partial charge in [0.05, 0.1) is 5.56 Å². The molecule has 2 heterocycles. The highest BCUT2D eigenvalue weighted by molar-refractivity contribution is 7.19. The number of rotatable bonds is 2. The van der Waals surface area contributed by atoms with Crippen LogP contribution in [0.4, 0.5) is 0 Å². The lowest BCUT2D eigenvalue weighted by Gasteiger charge is -2.01. The van der Waals surface area contributed by atoms with Gasteiger partial charge >= 0.3 is 0 Å². The van der Waals surface area contributed by atoms with E-state index < -0.39 is 0 Å². The summed E-state index contributed by atoms with van der Waals surface area (Å²) < 4.78 is 1.82. The molecule has 1 fully saturated rings. The van der Waals surface area contributed by atoms with Gasteiger partial charge in [0, 0.05) is 5.92 Å². The van der Waals surface area contributed by atoms with Crippen molar-refractivity contribution in [1.82, 2.24) is 19.8 Å². The van der Waals surface area contributed by atoms with Crippen molar-refractivity contribution in [1.29, 1.82) is 0 Å². The molecule has 0 spiro atoms. The highest BCUT2D eigenvalue weighted by Crippen LogP contribution is 2.40. The Balaban J connectivity index is 1.86. The summed E-state index contributed by atoms with van der Waals surface area (Å²) in [5.41, 5.74) is 1.78. The smallest absolute Gasteiger partial charge is 0.234 e. The number of phenols is 1. The van der Waals surface area contributed by atoms with E-state index in [1.165, 1.54) is 24.2 Å². The Morgan fingerprint density at radius 1 is 1.32 bits per heavy atom. The van der Waals surface area contributed by atoms with Gasteiger partial charge in [0.15, 0.2) is 10.8 Å². The zero-order valence-corrected chi connectivity index (χ0v) is 11.2. The van der Waals surface area contributed by atoms with Crippen LogP contribution in [0.1, 0.15) is 30.1 Å². The molecular weight excluding hydrogens is 260 g/mol. The fourth-order valence-corrected chi connectivity index (χ4v) is 3.04. The lowest BCUT2D eigenvalue weighted by molar-refractivity contribution is 0.477. The zero-order valence-electron chi connectivity index (χ0n) is 10.4. The number of hydrogen-bond acceptors (Lipinski definition) is 5. The summed E-state index contributed by atoms with van der Waals surface area (Å²) in [5.74, 6) is 1.72. The average molecular weight is 272 g/mol. The molecule has 6 heteroatoms. The van der Waals surface area contributed by atoms with Crippen molar-refractivity contribution in [3.8, 4) is 16.3 Å². The molecule has 0 bridgehead atoms. The molecule has 0 saturated heterocycles. The first kappa shape index (κ1) is 10.9. The van der Waals surface area contributed by atoms with E-state index in [4.69, 9.17) is 0 Å². The van der Waals surface area contributed by atoms with E-state index in [-0.39, 0.29) is 5.75 Å². The lowest BCUT2D eigenvalue weighted by atomic mass is 10.1. The van der Waals surface area contributed by atoms with Gasteiger partial charge in [-0.1, -0.05) is 17.4 Å². The first-order chi connectivity index (χ1) is 9.22. The van der Waals surface area contributed by atoms with Crippen LogP contribution in [0, 0.1) is 6.92 Å². The number of aromatic hydroxyl groups is 1. The van der Waals surface area contributed by atoms with Crippen LogP contribution in [-0.4, -0.2) is 24.9 Å². The second kappa shape index (κ2) is 3.77. The Labute approximate surface area is 113 Å². The third-order valence-electron chi connectivity index (χ3n) is 3.34. The molecule has 2 aromatic heterocycles. The average Bonchev–Trinajstić information content (AvgIpc) is 2.99. The second-order valence-electron chi connectivity index (χ2n) is 4.95. The largest absolute Gasteiger partial charge is 0.507 e.